The number of halogens is 1. The topological polar surface area (TPSA) is 126 Å². The summed E-state index contributed by atoms with van der Waals surface area (Å²) in [5, 5.41) is 22.9. The second-order valence-electron chi connectivity index (χ2n) is 8.95. The molecule has 0 fully saturated rings. The minimum atomic E-state index is -0.613. The number of fused-ring (bicyclic) bond motifs is 3. The zero-order valence-corrected chi connectivity index (χ0v) is 23.0. The average Bonchev–Trinajstić information content (AvgIpc) is 3.56. The lowest BCUT2D eigenvalue weighted by atomic mass is 9.98. The van der Waals surface area contributed by atoms with Crippen LogP contribution in [-0.2, 0) is 27.2 Å². The summed E-state index contributed by atoms with van der Waals surface area (Å²) in [6.07, 6.45) is -0.725. The highest BCUT2D eigenvalue weighted by Gasteiger charge is 2.34. The summed E-state index contributed by atoms with van der Waals surface area (Å²) in [6, 6.07) is 17.1. The molecule has 3 heterocycles. The predicted octanol–water partition coefficient (Wildman–Crippen LogP) is 4.36. The van der Waals surface area contributed by atoms with E-state index in [1.54, 1.807) is 33.3 Å². The molecule has 12 heteroatoms. The maximum Gasteiger partial charge on any atom is 0.313 e. The van der Waals surface area contributed by atoms with Gasteiger partial charge in [-0.3, -0.25) is 4.79 Å². The number of carbonyl (C=O) groups excluding carboxylic acids is 1. The molecule has 2 aromatic heterocycles. The number of nitriles is 1. The van der Waals surface area contributed by atoms with Crippen LogP contribution in [0.4, 0.5) is 0 Å². The van der Waals surface area contributed by atoms with Gasteiger partial charge in [0, 0.05) is 22.6 Å². The highest BCUT2D eigenvalue weighted by molar-refractivity contribution is 6.30. The lowest BCUT2D eigenvalue weighted by Gasteiger charge is -2.25. The van der Waals surface area contributed by atoms with Crippen molar-refractivity contribution in [2.24, 2.45) is 0 Å². The number of esters is 1. The fraction of sp³-hybridized carbons (Fsp3) is 0.321. The second kappa shape index (κ2) is 11.8. The second-order valence-corrected chi connectivity index (χ2v) is 9.39. The van der Waals surface area contributed by atoms with E-state index in [-0.39, 0.29) is 18.9 Å². The minimum Gasteiger partial charge on any atom is -0.493 e. The van der Waals surface area contributed by atoms with Crippen LogP contribution in [-0.4, -0.2) is 51.6 Å². The molecule has 2 aromatic carbocycles. The third-order valence-corrected chi connectivity index (χ3v) is 6.81. The summed E-state index contributed by atoms with van der Waals surface area (Å²) in [5.74, 6) is 0.957. The minimum absolute atomic E-state index is 0.0596. The van der Waals surface area contributed by atoms with E-state index in [0.29, 0.717) is 35.2 Å². The molecule has 0 amide bonds. The molecule has 0 saturated carbocycles. The molecule has 5 rings (SSSR count). The molecule has 0 unspecified atom stereocenters. The highest BCUT2D eigenvalue weighted by atomic mass is 35.5. The third-order valence-electron chi connectivity index (χ3n) is 6.58. The van der Waals surface area contributed by atoms with Gasteiger partial charge >= 0.3 is 5.97 Å². The highest BCUT2D eigenvalue weighted by Crippen LogP contribution is 2.46. The monoisotopic (exact) mass is 562 g/mol. The van der Waals surface area contributed by atoms with E-state index in [1.807, 2.05) is 41.0 Å². The Bertz CT molecular complexity index is 1580. The molecule has 0 N–H and O–H groups in total. The van der Waals surface area contributed by atoms with Crippen molar-refractivity contribution in [2.45, 2.75) is 38.5 Å². The van der Waals surface area contributed by atoms with Gasteiger partial charge in [-0.2, -0.15) is 10.1 Å². The van der Waals surface area contributed by atoms with E-state index in [4.69, 9.17) is 30.5 Å². The largest absolute Gasteiger partial charge is 0.493 e. The van der Waals surface area contributed by atoms with Crippen molar-refractivity contribution in [2.75, 3.05) is 20.8 Å². The smallest absolute Gasteiger partial charge is 0.313 e. The molecule has 0 spiro atoms. The first-order valence-corrected chi connectivity index (χ1v) is 13.0. The van der Waals surface area contributed by atoms with Gasteiger partial charge in [-0.05, 0) is 48.5 Å². The standard InChI is InChI=1S/C28H27ClN6O5/c1-4-39-26(36)15-25-31-33-34(32-25)13-12-23-22-11-9-18(16-30)35(22)21-10-8-17(29)14-20(21)27(40-23)19-6-5-7-24(37-2)28(19)38-3/h5-11,14,23,27H,4,12-13,15H2,1-3H3/t23-,27-/m1/s1. The van der Waals surface area contributed by atoms with Crippen LogP contribution >= 0.6 is 11.6 Å². The van der Waals surface area contributed by atoms with Crippen molar-refractivity contribution in [3.63, 3.8) is 0 Å². The molecule has 0 radical (unpaired) electrons. The van der Waals surface area contributed by atoms with E-state index >= 15 is 0 Å². The fourth-order valence-electron chi connectivity index (χ4n) is 4.90. The SMILES string of the molecule is CCOC(=O)Cc1nnn(CC[C@H]2O[C@H](c3cccc(OC)c3OC)c3cc(Cl)ccc3-n3c(C#N)ccc32)n1. The van der Waals surface area contributed by atoms with Gasteiger partial charge in [-0.15, -0.1) is 10.2 Å². The van der Waals surface area contributed by atoms with E-state index in [9.17, 15) is 10.1 Å². The number of carbonyl (C=O) groups is 1. The van der Waals surface area contributed by atoms with E-state index in [1.165, 1.54) is 4.80 Å². The van der Waals surface area contributed by atoms with Crippen LogP contribution in [0.3, 0.4) is 0 Å². The quantitative estimate of drug-likeness (QED) is 0.273. The molecule has 1 aliphatic rings. The van der Waals surface area contributed by atoms with Crippen molar-refractivity contribution >= 4 is 17.6 Å². The van der Waals surface area contributed by atoms with Gasteiger partial charge in [0.15, 0.2) is 17.3 Å². The van der Waals surface area contributed by atoms with Crippen molar-refractivity contribution in [3.05, 3.63) is 81.9 Å². The van der Waals surface area contributed by atoms with Gasteiger partial charge in [-0.1, -0.05) is 23.7 Å². The van der Waals surface area contributed by atoms with Crippen molar-refractivity contribution in [1.29, 1.82) is 5.26 Å². The number of hydrogen-bond donors (Lipinski definition) is 0. The summed E-state index contributed by atoms with van der Waals surface area (Å²) < 4.78 is 25.0. The van der Waals surface area contributed by atoms with Gasteiger partial charge in [-0.25, -0.2) is 0 Å². The van der Waals surface area contributed by atoms with Gasteiger partial charge in [0.2, 0.25) is 0 Å². The van der Waals surface area contributed by atoms with Crippen LogP contribution in [0.2, 0.25) is 5.02 Å². The maximum absolute atomic E-state index is 11.8. The number of ether oxygens (including phenoxy) is 4. The maximum atomic E-state index is 11.8. The number of benzene rings is 2. The van der Waals surface area contributed by atoms with E-state index < -0.39 is 18.2 Å². The normalized spacial score (nSPS) is 15.9. The Labute approximate surface area is 235 Å². The van der Waals surface area contributed by atoms with Crippen LogP contribution < -0.4 is 9.47 Å². The Hall–Kier alpha value is -4.40. The number of tetrazole rings is 1. The molecule has 2 atom stereocenters. The zero-order valence-electron chi connectivity index (χ0n) is 22.2. The summed E-state index contributed by atoms with van der Waals surface area (Å²) in [5.41, 5.74) is 3.53. The fourth-order valence-corrected chi connectivity index (χ4v) is 5.08. The predicted molar refractivity (Wildman–Crippen MR) is 143 cm³/mol. The summed E-state index contributed by atoms with van der Waals surface area (Å²) in [4.78, 5) is 13.2. The first-order valence-electron chi connectivity index (χ1n) is 12.7. The number of methoxy groups -OCH3 is 2. The first-order chi connectivity index (χ1) is 19.5. The molecule has 1 aliphatic heterocycles. The van der Waals surface area contributed by atoms with Gasteiger partial charge in [0.25, 0.3) is 0 Å². The first kappa shape index (κ1) is 27.2. The average molecular weight is 563 g/mol. The summed E-state index contributed by atoms with van der Waals surface area (Å²) in [6.45, 7) is 2.36. The summed E-state index contributed by atoms with van der Waals surface area (Å²) >= 11 is 6.48. The van der Waals surface area contributed by atoms with Gasteiger partial charge in [0.1, 0.15) is 30.4 Å². The molecule has 40 heavy (non-hydrogen) atoms. The number of nitrogens with zero attached hydrogens (tertiary/aromatic N) is 6. The third kappa shape index (κ3) is 5.23. The Balaban J connectivity index is 1.55. The van der Waals surface area contributed by atoms with Gasteiger partial charge < -0.3 is 23.5 Å². The van der Waals surface area contributed by atoms with E-state index in [2.05, 4.69) is 21.5 Å². The van der Waals surface area contributed by atoms with Crippen LogP contribution in [0.15, 0.2) is 48.5 Å². The molecule has 0 bridgehead atoms. The van der Waals surface area contributed by atoms with Crippen LogP contribution in [0.5, 0.6) is 11.5 Å². The summed E-state index contributed by atoms with van der Waals surface area (Å²) in [7, 11) is 3.16. The molecule has 4 aromatic rings. The van der Waals surface area contributed by atoms with Crippen molar-refractivity contribution in [3.8, 4) is 23.3 Å². The van der Waals surface area contributed by atoms with Crippen molar-refractivity contribution < 1.29 is 23.7 Å². The van der Waals surface area contributed by atoms with Crippen molar-refractivity contribution in [1.82, 2.24) is 24.8 Å². The van der Waals surface area contributed by atoms with Crippen LogP contribution in [0.25, 0.3) is 5.69 Å². The molecule has 0 aliphatic carbocycles. The van der Waals surface area contributed by atoms with Crippen LogP contribution in [0.1, 0.15) is 53.9 Å². The van der Waals surface area contributed by atoms with Crippen LogP contribution in [0, 0.1) is 11.3 Å². The molecule has 0 saturated heterocycles. The molecule has 11 nitrogen and oxygen atoms in total. The molecular weight excluding hydrogens is 536 g/mol. The van der Waals surface area contributed by atoms with E-state index in [0.717, 1.165) is 22.5 Å². The van der Waals surface area contributed by atoms with Gasteiger partial charge in [0.05, 0.1) is 38.8 Å². The lowest BCUT2D eigenvalue weighted by Crippen LogP contribution is -2.15. The Morgan fingerprint density at radius 2 is 2.00 bits per heavy atom. The Morgan fingerprint density at radius 3 is 2.75 bits per heavy atom. The number of rotatable bonds is 9. The Kier molecular flexibility index (Phi) is 8.00. The molecular formula is C28H27ClN6O5. The number of hydrogen-bond acceptors (Lipinski definition) is 9. The number of aryl methyl sites for hydroxylation is 1. The zero-order chi connectivity index (χ0) is 28.2. The molecule has 206 valence electrons. The number of aromatic nitrogens is 5. The lowest BCUT2D eigenvalue weighted by molar-refractivity contribution is -0.142. The number of para-hydroxylation sites is 1. The Morgan fingerprint density at radius 1 is 1.15 bits per heavy atom.